The SMILES string of the molecule is COC(=O)c1cc(N)cc(C(=O)CCCCCNC(=O)OC(C)(C)C)c1. The summed E-state index contributed by atoms with van der Waals surface area (Å²) in [5.41, 5.74) is 6.23. The molecule has 144 valence electrons. The van der Waals surface area contributed by atoms with Crippen molar-refractivity contribution in [2.75, 3.05) is 19.4 Å². The summed E-state index contributed by atoms with van der Waals surface area (Å²) in [6, 6.07) is 4.53. The first kappa shape index (κ1) is 21.5. The number of hydrogen-bond donors (Lipinski definition) is 2. The smallest absolute Gasteiger partial charge is 0.407 e. The number of esters is 1. The number of ketones is 1. The Bertz CT molecular complexity index is 650. The number of rotatable bonds is 8. The summed E-state index contributed by atoms with van der Waals surface area (Å²) in [4.78, 5) is 35.3. The zero-order valence-electron chi connectivity index (χ0n) is 15.9. The lowest BCUT2D eigenvalue weighted by atomic mass is 10.0. The van der Waals surface area contributed by atoms with Gasteiger partial charge in [-0.1, -0.05) is 6.42 Å². The molecule has 0 heterocycles. The Labute approximate surface area is 154 Å². The van der Waals surface area contributed by atoms with Crippen molar-refractivity contribution in [2.24, 2.45) is 0 Å². The van der Waals surface area contributed by atoms with E-state index in [0.717, 1.165) is 12.8 Å². The van der Waals surface area contributed by atoms with Crippen molar-refractivity contribution in [3.05, 3.63) is 29.3 Å². The van der Waals surface area contributed by atoms with Gasteiger partial charge in [-0.2, -0.15) is 0 Å². The summed E-state index contributed by atoms with van der Waals surface area (Å²) in [6.07, 6.45) is 2.11. The number of nitrogens with two attached hydrogens (primary N) is 1. The van der Waals surface area contributed by atoms with Gasteiger partial charge in [0.1, 0.15) is 5.60 Å². The minimum Gasteiger partial charge on any atom is -0.465 e. The highest BCUT2D eigenvalue weighted by molar-refractivity contribution is 6.00. The number of amides is 1. The minimum absolute atomic E-state index is 0.0810. The fourth-order valence-corrected chi connectivity index (χ4v) is 2.28. The molecule has 0 spiro atoms. The van der Waals surface area contributed by atoms with Crippen LogP contribution in [0.3, 0.4) is 0 Å². The maximum absolute atomic E-state index is 12.3. The Balaban J connectivity index is 2.36. The molecule has 1 aromatic rings. The van der Waals surface area contributed by atoms with Gasteiger partial charge in [0.15, 0.2) is 5.78 Å². The third kappa shape index (κ3) is 8.00. The van der Waals surface area contributed by atoms with Crippen molar-refractivity contribution in [1.82, 2.24) is 5.32 Å². The van der Waals surface area contributed by atoms with Gasteiger partial charge in [0.05, 0.1) is 12.7 Å². The predicted octanol–water partition coefficient (Wildman–Crippen LogP) is 3.32. The molecule has 1 amide bonds. The van der Waals surface area contributed by atoms with Gasteiger partial charge < -0.3 is 20.5 Å². The van der Waals surface area contributed by atoms with Crippen LogP contribution in [0.5, 0.6) is 0 Å². The Morgan fingerprint density at radius 1 is 1.04 bits per heavy atom. The van der Waals surface area contributed by atoms with Crippen LogP contribution in [-0.4, -0.2) is 37.1 Å². The highest BCUT2D eigenvalue weighted by atomic mass is 16.6. The molecule has 1 rings (SSSR count). The average Bonchev–Trinajstić information content (AvgIpc) is 2.54. The van der Waals surface area contributed by atoms with E-state index in [2.05, 4.69) is 10.1 Å². The molecule has 0 aromatic heterocycles. The van der Waals surface area contributed by atoms with Crippen LogP contribution in [0.2, 0.25) is 0 Å². The van der Waals surface area contributed by atoms with Crippen LogP contribution in [0.1, 0.15) is 67.2 Å². The van der Waals surface area contributed by atoms with Gasteiger partial charge in [-0.05, 0) is 51.8 Å². The molecule has 0 saturated carbocycles. The van der Waals surface area contributed by atoms with Gasteiger partial charge in [-0.3, -0.25) is 4.79 Å². The molecule has 7 heteroatoms. The molecule has 0 aliphatic rings. The van der Waals surface area contributed by atoms with E-state index in [9.17, 15) is 14.4 Å². The maximum atomic E-state index is 12.3. The normalized spacial score (nSPS) is 10.9. The van der Waals surface area contributed by atoms with E-state index in [-0.39, 0.29) is 11.3 Å². The molecule has 0 unspecified atom stereocenters. The number of unbranched alkanes of at least 4 members (excludes halogenated alkanes) is 2. The van der Waals surface area contributed by atoms with Crippen molar-refractivity contribution >= 4 is 23.5 Å². The van der Waals surface area contributed by atoms with Gasteiger partial charge in [-0.15, -0.1) is 0 Å². The Morgan fingerprint density at radius 2 is 1.69 bits per heavy atom. The van der Waals surface area contributed by atoms with Gasteiger partial charge in [0.25, 0.3) is 0 Å². The highest BCUT2D eigenvalue weighted by Gasteiger charge is 2.15. The lowest BCUT2D eigenvalue weighted by Gasteiger charge is -2.19. The fourth-order valence-electron chi connectivity index (χ4n) is 2.28. The predicted molar refractivity (Wildman–Crippen MR) is 99.2 cm³/mol. The van der Waals surface area contributed by atoms with Crippen LogP contribution in [0.15, 0.2) is 18.2 Å². The molecule has 0 atom stereocenters. The number of carbonyl (C=O) groups excluding carboxylic acids is 3. The number of nitrogens with one attached hydrogen (secondary N) is 1. The number of hydrogen-bond acceptors (Lipinski definition) is 6. The van der Waals surface area contributed by atoms with Crippen LogP contribution >= 0.6 is 0 Å². The second-order valence-corrected chi connectivity index (χ2v) is 7.00. The van der Waals surface area contributed by atoms with Gasteiger partial charge in [0.2, 0.25) is 0 Å². The zero-order chi connectivity index (χ0) is 19.7. The number of ether oxygens (including phenoxy) is 2. The molecule has 1 aromatic carbocycles. The molecule has 0 aliphatic carbocycles. The van der Waals surface area contributed by atoms with E-state index in [4.69, 9.17) is 10.5 Å². The summed E-state index contributed by atoms with van der Waals surface area (Å²) in [5.74, 6) is -0.609. The summed E-state index contributed by atoms with van der Waals surface area (Å²) >= 11 is 0. The highest BCUT2D eigenvalue weighted by Crippen LogP contribution is 2.16. The number of anilines is 1. The quantitative estimate of drug-likeness (QED) is 0.317. The Morgan fingerprint density at radius 3 is 2.31 bits per heavy atom. The second kappa shape index (κ2) is 9.79. The largest absolute Gasteiger partial charge is 0.465 e. The molecule has 0 fully saturated rings. The first-order chi connectivity index (χ1) is 12.1. The molecule has 3 N–H and O–H groups in total. The molecule has 26 heavy (non-hydrogen) atoms. The topological polar surface area (TPSA) is 108 Å². The third-order valence-electron chi connectivity index (χ3n) is 3.45. The fraction of sp³-hybridized carbons (Fsp3) is 0.526. The van der Waals surface area contributed by atoms with Gasteiger partial charge in [0, 0.05) is 24.2 Å². The summed E-state index contributed by atoms with van der Waals surface area (Å²) in [6.45, 7) is 5.91. The third-order valence-corrected chi connectivity index (χ3v) is 3.45. The van der Waals surface area contributed by atoms with Crippen LogP contribution in [0.4, 0.5) is 10.5 Å². The lowest BCUT2D eigenvalue weighted by molar-refractivity contribution is 0.0525. The van der Waals surface area contributed by atoms with E-state index in [1.165, 1.54) is 19.2 Å². The van der Waals surface area contributed by atoms with Crippen LogP contribution in [0.25, 0.3) is 0 Å². The Kier molecular flexibility index (Phi) is 8.09. The number of alkyl carbamates (subject to hydrolysis) is 1. The monoisotopic (exact) mass is 364 g/mol. The van der Waals surface area contributed by atoms with Gasteiger partial charge >= 0.3 is 12.1 Å². The van der Waals surface area contributed by atoms with E-state index in [1.54, 1.807) is 26.8 Å². The minimum atomic E-state index is -0.528. The second-order valence-electron chi connectivity index (χ2n) is 7.00. The number of nitrogen functional groups attached to an aromatic ring is 1. The molecular formula is C19H28N2O5. The summed E-state index contributed by atoms with van der Waals surface area (Å²) in [7, 11) is 1.28. The van der Waals surface area contributed by atoms with Crippen LogP contribution in [-0.2, 0) is 9.47 Å². The van der Waals surface area contributed by atoms with E-state index >= 15 is 0 Å². The first-order valence-electron chi connectivity index (χ1n) is 8.61. The number of carbonyl (C=O) groups is 3. The summed E-state index contributed by atoms with van der Waals surface area (Å²) < 4.78 is 9.79. The van der Waals surface area contributed by atoms with Crippen molar-refractivity contribution in [3.8, 4) is 0 Å². The molecular weight excluding hydrogens is 336 g/mol. The van der Waals surface area contributed by atoms with Crippen LogP contribution in [0, 0.1) is 0 Å². The number of Topliss-reactive ketones (excluding diaryl/α,β-unsaturated/α-hetero) is 1. The molecule has 0 radical (unpaired) electrons. The number of methoxy groups -OCH3 is 1. The number of benzene rings is 1. The van der Waals surface area contributed by atoms with E-state index < -0.39 is 17.7 Å². The average molecular weight is 364 g/mol. The molecule has 7 nitrogen and oxygen atoms in total. The van der Waals surface area contributed by atoms with Crippen molar-refractivity contribution in [1.29, 1.82) is 0 Å². The molecule has 0 saturated heterocycles. The maximum Gasteiger partial charge on any atom is 0.407 e. The van der Waals surface area contributed by atoms with Gasteiger partial charge in [-0.25, -0.2) is 9.59 Å². The standard InChI is InChI=1S/C19H28N2O5/c1-19(2,3)26-18(24)21-9-7-5-6-8-16(22)13-10-14(17(23)25-4)12-15(20)11-13/h10-12H,5-9,20H2,1-4H3,(H,21,24). The molecule has 0 bridgehead atoms. The van der Waals surface area contributed by atoms with E-state index in [0.29, 0.717) is 30.6 Å². The van der Waals surface area contributed by atoms with Crippen molar-refractivity contribution in [2.45, 2.75) is 52.1 Å². The van der Waals surface area contributed by atoms with E-state index in [1.807, 2.05) is 0 Å². The lowest BCUT2D eigenvalue weighted by Crippen LogP contribution is -2.32. The Hall–Kier alpha value is -2.57. The summed E-state index contributed by atoms with van der Waals surface area (Å²) in [5, 5.41) is 2.68. The van der Waals surface area contributed by atoms with Crippen molar-refractivity contribution in [3.63, 3.8) is 0 Å². The zero-order valence-corrected chi connectivity index (χ0v) is 15.9. The van der Waals surface area contributed by atoms with Crippen LogP contribution < -0.4 is 11.1 Å². The first-order valence-corrected chi connectivity index (χ1v) is 8.61. The van der Waals surface area contributed by atoms with Crippen molar-refractivity contribution < 1.29 is 23.9 Å². The molecule has 0 aliphatic heterocycles.